The summed E-state index contributed by atoms with van der Waals surface area (Å²) in [6, 6.07) is 7.04. The maximum absolute atomic E-state index is 13.3. The zero-order chi connectivity index (χ0) is 13.5. The number of nitrogens with one attached hydrogen (secondary N) is 1. The number of rotatable bonds is 7. The Hall–Kier alpha value is -0.930. The summed E-state index contributed by atoms with van der Waals surface area (Å²) >= 11 is 0. The smallest absolute Gasteiger partial charge is 0.123 e. The van der Waals surface area contributed by atoms with E-state index in [9.17, 15) is 4.39 Å². The van der Waals surface area contributed by atoms with Crippen molar-refractivity contribution in [3.63, 3.8) is 0 Å². The summed E-state index contributed by atoms with van der Waals surface area (Å²) in [6.07, 6.45) is 1.03. The molecule has 3 heteroatoms. The van der Waals surface area contributed by atoms with E-state index in [0.717, 1.165) is 12.0 Å². The van der Waals surface area contributed by atoms with Crippen LogP contribution in [-0.2, 0) is 4.74 Å². The molecule has 1 N–H and O–H groups in total. The first-order chi connectivity index (χ1) is 8.52. The van der Waals surface area contributed by atoms with Crippen LogP contribution >= 0.6 is 0 Å². The first-order valence-electron chi connectivity index (χ1n) is 6.67. The van der Waals surface area contributed by atoms with E-state index in [0.29, 0.717) is 12.6 Å². The summed E-state index contributed by atoms with van der Waals surface area (Å²) in [5.41, 5.74) is 0.892. The molecule has 2 nitrogen and oxygen atoms in total. The zero-order valence-electron chi connectivity index (χ0n) is 11.7. The van der Waals surface area contributed by atoms with Crippen LogP contribution in [0, 0.1) is 5.82 Å². The molecule has 1 rings (SSSR count). The normalized spacial score (nSPS) is 14.8. The van der Waals surface area contributed by atoms with Gasteiger partial charge in [-0.2, -0.15) is 0 Å². The molecule has 0 spiro atoms. The fourth-order valence-electron chi connectivity index (χ4n) is 1.67. The van der Waals surface area contributed by atoms with Crippen LogP contribution in [0.15, 0.2) is 24.3 Å². The lowest BCUT2D eigenvalue weighted by Crippen LogP contribution is -2.30. The minimum Gasteiger partial charge on any atom is -0.369 e. The van der Waals surface area contributed by atoms with Gasteiger partial charge in [0.25, 0.3) is 0 Å². The molecule has 0 aromatic heterocycles. The van der Waals surface area contributed by atoms with Gasteiger partial charge in [-0.05, 0) is 31.0 Å². The predicted octanol–water partition coefficient (Wildman–Crippen LogP) is 3.68. The lowest BCUT2D eigenvalue weighted by molar-refractivity contribution is -0.00551. The zero-order valence-corrected chi connectivity index (χ0v) is 11.7. The van der Waals surface area contributed by atoms with Crippen LogP contribution in [0.2, 0.25) is 0 Å². The molecule has 102 valence electrons. The fourth-order valence-corrected chi connectivity index (χ4v) is 1.67. The van der Waals surface area contributed by atoms with E-state index in [1.165, 1.54) is 6.07 Å². The Bertz CT molecular complexity index is 354. The Morgan fingerprint density at radius 2 is 2.00 bits per heavy atom. The van der Waals surface area contributed by atoms with Crippen LogP contribution in [-0.4, -0.2) is 18.7 Å². The maximum atomic E-state index is 13.3. The molecule has 0 fully saturated rings. The number of halogens is 1. The predicted molar refractivity (Wildman–Crippen MR) is 73.1 cm³/mol. The van der Waals surface area contributed by atoms with Crippen molar-refractivity contribution >= 4 is 0 Å². The van der Waals surface area contributed by atoms with Gasteiger partial charge < -0.3 is 10.1 Å². The van der Waals surface area contributed by atoms with E-state index in [1.54, 1.807) is 12.1 Å². The molecule has 0 radical (unpaired) electrons. The van der Waals surface area contributed by atoms with Crippen LogP contribution in [0.25, 0.3) is 0 Å². The number of hydrogen-bond acceptors (Lipinski definition) is 2. The second-order valence-corrected chi connectivity index (χ2v) is 4.96. The molecule has 0 saturated carbocycles. The van der Waals surface area contributed by atoms with E-state index in [4.69, 9.17) is 4.74 Å². The molecule has 0 bridgehead atoms. The molecule has 0 aliphatic rings. The quantitative estimate of drug-likeness (QED) is 0.800. The van der Waals surface area contributed by atoms with Gasteiger partial charge in [0, 0.05) is 12.6 Å². The van der Waals surface area contributed by atoms with Crippen LogP contribution in [0.5, 0.6) is 0 Å². The minimum atomic E-state index is -0.213. The average Bonchev–Trinajstić information content (AvgIpc) is 2.33. The van der Waals surface area contributed by atoms with Crippen molar-refractivity contribution in [2.45, 2.75) is 52.4 Å². The highest BCUT2D eigenvalue weighted by molar-refractivity contribution is 5.19. The highest BCUT2D eigenvalue weighted by Crippen LogP contribution is 2.20. The molecule has 0 saturated heterocycles. The van der Waals surface area contributed by atoms with E-state index < -0.39 is 0 Å². The van der Waals surface area contributed by atoms with Gasteiger partial charge in [0.1, 0.15) is 5.82 Å². The Labute approximate surface area is 110 Å². The summed E-state index contributed by atoms with van der Waals surface area (Å²) in [5, 5.41) is 3.35. The van der Waals surface area contributed by atoms with Crippen molar-refractivity contribution in [3.8, 4) is 0 Å². The molecular weight excluding hydrogens is 229 g/mol. The summed E-state index contributed by atoms with van der Waals surface area (Å²) in [5.74, 6) is -0.213. The van der Waals surface area contributed by atoms with Gasteiger partial charge in [-0.15, -0.1) is 0 Å². The molecule has 0 heterocycles. The molecule has 1 aromatic carbocycles. The van der Waals surface area contributed by atoms with E-state index in [2.05, 4.69) is 26.1 Å². The molecule has 2 atom stereocenters. The molecule has 0 aliphatic heterocycles. The van der Waals surface area contributed by atoms with Gasteiger partial charge >= 0.3 is 0 Å². The molecular formula is C15H24FNO. The SMILES string of the molecule is CCC(C)OC(CNC(C)C)c1cccc(F)c1. The lowest BCUT2D eigenvalue weighted by Gasteiger charge is -2.23. The summed E-state index contributed by atoms with van der Waals surface area (Å²) < 4.78 is 19.2. The van der Waals surface area contributed by atoms with Gasteiger partial charge in [0.15, 0.2) is 0 Å². The van der Waals surface area contributed by atoms with Crippen molar-refractivity contribution < 1.29 is 9.13 Å². The van der Waals surface area contributed by atoms with Gasteiger partial charge in [0.05, 0.1) is 12.2 Å². The van der Waals surface area contributed by atoms with Gasteiger partial charge in [0.2, 0.25) is 0 Å². The van der Waals surface area contributed by atoms with Gasteiger partial charge in [-0.3, -0.25) is 0 Å². The van der Waals surface area contributed by atoms with Crippen molar-refractivity contribution in [1.29, 1.82) is 0 Å². The monoisotopic (exact) mass is 253 g/mol. The summed E-state index contributed by atoms with van der Waals surface area (Å²) in [4.78, 5) is 0. The summed E-state index contributed by atoms with van der Waals surface area (Å²) in [6.45, 7) is 9.01. The third kappa shape index (κ3) is 5.15. The standard InChI is InChI=1S/C15H24FNO/c1-5-12(4)18-15(10-17-11(2)3)13-7-6-8-14(16)9-13/h6-9,11-12,15,17H,5,10H2,1-4H3. The van der Waals surface area contributed by atoms with E-state index >= 15 is 0 Å². The molecule has 18 heavy (non-hydrogen) atoms. The highest BCUT2D eigenvalue weighted by atomic mass is 19.1. The average molecular weight is 253 g/mol. The third-order valence-corrected chi connectivity index (χ3v) is 2.90. The number of ether oxygens (including phenoxy) is 1. The summed E-state index contributed by atoms with van der Waals surface area (Å²) in [7, 11) is 0. The van der Waals surface area contributed by atoms with Crippen LogP contribution < -0.4 is 5.32 Å². The van der Waals surface area contributed by atoms with Crippen molar-refractivity contribution in [2.75, 3.05) is 6.54 Å². The number of benzene rings is 1. The second-order valence-electron chi connectivity index (χ2n) is 4.96. The largest absolute Gasteiger partial charge is 0.369 e. The number of hydrogen-bond donors (Lipinski definition) is 1. The third-order valence-electron chi connectivity index (χ3n) is 2.90. The molecule has 1 aromatic rings. The van der Waals surface area contributed by atoms with Crippen molar-refractivity contribution in [2.24, 2.45) is 0 Å². The minimum absolute atomic E-state index is 0.0990. The Morgan fingerprint density at radius 1 is 1.28 bits per heavy atom. The van der Waals surface area contributed by atoms with Crippen LogP contribution in [0.3, 0.4) is 0 Å². The highest BCUT2D eigenvalue weighted by Gasteiger charge is 2.15. The molecule has 2 unspecified atom stereocenters. The first-order valence-corrected chi connectivity index (χ1v) is 6.67. The second kappa shape index (κ2) is 7.49. The van der Waals surface area contributed by atoms with Gasteiger partial charge in [-0.1, -0.05) is 32.9 Å². The maximum Gasteiger partial charge on any atom is 0.123 e. The van der Waals surface area contributed by atoms with E-state index in [1.807, 2.05) is 13.0 Å². The first kappa shape index (κ1) is 15.1. The molecule has 0 amide bonds. The van der Waals surface area contributed by atoms with E-state index in [-0.39, 0.29) is 18.0 Å². The van der Waals surface area contributed by atoms with Crippen LogP contribution in [0.4, 0.5) is 4.39 Å². The van der Waals surface area contributed by atoms with Gasteiger partial charge in [-0.25, -0.2) is 4.39 Å². The Kier molecular flexibility index (Phi) is 6.30. The molecule has 0 aliphatic carbocycles. The van der Waals surface area contributed by atoms with Crippen LogP contribution in [0.1, 0.15) is 45.8 Å². The lowest BCUT2D eigenvalue weighted by atomic mass is 10.1. The Morgan fingerprint density at radius 3 is 2.56 bits per heavy atom. The van der Waals surface area contributed by atoms with Crippen molar-refractivity contribution in [1.82, 2.24) is 5.32 Å². The topological polar surface area (TPSA) is 21.3 Å². The van der Waals surface area contributed by atoms with Crippen molar-refractivity contribution in [3.05, 3.63) is 35.6 Å². The Balaban J connectivity index is 2.75. The fraction of sp³-hybridized carbons (Fsp3) is 0.600.